The molecule has 0 bridgehead atoms. The number of aliphatic hydroxyl groups excluding tert-OH is 1. The molecule has 1 fully saturated rings. The zero-order chi connectivity index (χ0) is 14.4. The highest BCUT2D eigenvalue weighted by Gasteiger charge is 2.18. The van der Waals surface area contributed by atoms with Crippen LogP contribution in [0.5, 0.6) is 0 Å². The zero-order valence-electron chi connectivity index (χ0n) is 12.4. The molecule has 0 radical (unpaired) electrons. The van der Waals surface area contributed by atoms with Crippen LogP contribution in [0.25, 0.3) is 0 Å². The Bertz CT molecular complexity index is 402. The van der Waals surface area contributed by atoms with Crippen molar-refractivity contribution in [2.75, 3.05) is 13.6 Å². The third-order valence-corrected chi connectivity index (χ3v) is 4.67. The van der Waals surface area contributed by atoms with Crippen LogP contribution in [-0.2, 0) is 0 Å². The van der Waals surface area contributed by atoms with Gasteiger partial charge in [0.25, 0.3) is 0 Å². The summed E-state index contributed by atoms with van der Waals surface area (Å²) in [6.45, 7) is 0.943. The van der Waals surface area contributed by atoms with E-state index >= 15 is 0 Å². The molecule has 1 aliphatic carbocycles. The largest absolute Gasteiger partial charge is 0.388 e. The lowest BCUT2D eigenvalue weighted by molar-refractivity contribution is 0.132. The fourth-order valence-electron chi connectivity index (χ4n) is 3.09. The van der Waals surface area contributed by atoms with Crippen LogP contribution >= 0.6 is 11.6 Å². The van der Waals surface area contributed by atoms with Gasteiger partial charge in [-0.1, -0.05) is 49.4 Å². The van der Waals surface area contributed by atoms with Crippen LogP contribution in [0.1, 0.15) is 56.6 Å². The number of aliphatic hydroxyl groups is 1. The third-order valence-electron chi connectivity index (χ3n) is 4.44. The second-order valence-electron chi connectivity index (χ2n) is 5.99. The summed E-state index contributed by atoms with van der Waals surface area (Å²) in [5, 5.41) is 11.0. The van der Waals surface area contributed by atoms with Crippen LogP contribution in [-0.4, -0.2) is 29.6 Å². The van der Waals surface area contributed by atoms with Gasteiger partial charge in [0.2, 0.25) is 0 Å². The molecule has 1 aromatic carbocycles. The molecule has 0 spiro atoms. The van der Waals surface area contributed by atoms with E-state index in [-0.39, 0.29) is 0 Å². The lowest BCUT2D eigenvalue weighted by Gasteiger charge is -2.28. The first-order valence-corrected chi connectivity index (χ1v) is 8.18. The van der Waals surface area contributed by atoms with Crippen LogP contribution in [0, 0.1) is 0 Å². The van der Waals surface area contributed by atoms with E-state index in [0.717, 1.165) is 18.5 Å². The standard InChI is InChI=1S/C17H26ClNO/c1-19(16-9-4-2-3-5-10-16)12-11-17(20)14-7-6-8-15(18)13-14/h6-8,13,16-17,20H,2-5,9-12H2,1H3. The van der Waals surface area contributed by atoms with Gasteiger partial charge in [-0.2, -0.15) is 0 Å². The summed E-state index contributed by atoms with van der Waals surface area (Å²) in [5.74, 6) is 0. The quantitative estimate of drug-likeness (QED) is 0.813. The predicted octanol–water partition coefficient (Wildman–Crippen LogP) is 4.42. The van der Waals surface area contributed by atoms with E-state index in [4.69, 9.17) is 11.6 Å². The van der Waals surface area contributed by atoms with Crippen molar-refractivity contribution in [3.63, 3.8) is 0 Å². The van der Waals surface area contributed by atoms with Gasteiger partial charge in [0, 0.05) is 17.6 Å². The monoisotopic (exact) mass is 295 g/mol. The molecule has 0 aromatic heterocycles. The minimum Gasteiger partial charge on any atom is -0.388 e. The average molecular weight is 296 g/mol. The van der Waals surface area contributed by atoms with Crippen molar-refractivity contribution < 1.29 is 5.11 Å². The summed E-state index contributed by atoms with van der Waals surface area (Å²) in [7, 11) is 2.20. The van der Waals surface area contributed by atoms with Crippen LogP contribution in [0.15, 0.2) is 24.3 Å². The Labute approximate surface area is 127 Å². The molecule has 1 aromatic rings. The Morgan fingerprint density at radius 1 is 1.25 bits per heavy atom. The number of halogens is 1. The summed E-state index contributed by atoms with van der Waals surface area (Å²) in [4.78, 5) is 2.43. The number of nitrogens with zero attached hydrogens (tertiary/aromatic N) is 1. The maximum absolute atomic E-state index is 10.3. The summed E-state index contributed by atoms with van der Waals surface area (Å²) >= 11 is 5.97. The molecule has 0 aliphatic heterocycles. The molecule has 1 N–H and O–H groups in total. The van der Waals surface area contributed by atoms with Gasteiger partial charge in [0.1, 0.15) is 0 Å². The lowest BCUT2D eigenvalue weighted by atomic mass is 10.0. The van der Waals surface area contributed by atoms with Gasteiger partial charge >= 0.3 is 0 Å². The van der Waals surface area contributed by atoms with Crippen molar-refractivity contribution in [1.82, 2.24) is 4.90 Å². The van der Waals surface area contributed by atoms with E-state index in [1.165, 1.54) is 38.5 Å². The smallest absolute Gasteiger partial charge is 0.0802 e. The van der Waals surface area contributed by atoms with Gasteiger partial charge in [-0.05, 0) is 44.0 Å². The minimum absolute atomic E-state index is 0.415. The number of hydrogen-bond donors (Lipinski definition) is 1. The average Bonchev–Trinajstić information content (AvgIpc) is 2.73. The molecule has 0 saturated heterocycles. The summed E-state index contributed by atoms with van der Waals surface area (Å²) in [6.07, 6.45) is 8.45. The SMILES string of the molecule is CN(CCC(O)c1cccc(Cl)c1)C1CCCCCC1. The Kier molecular flexibility index (Phi) is 6.34. The van der Waals surface area contributed by atoms with E-state index in [9.17, 15) is 5.11 Å². The molecule has 1 aliphatic rings. The first-order chi connectivity index (χ1) is 9.66. The summed E-state index contributed by atoms with van der Waals surface area (Å²) in [6, 6.07) is 8.25. The molecule has 1 atom stereocenters. The minimum atomic E-state index is -0.415. The van der Waals surface area contributed by atoms with E-state index in [2.05, 4.69) is 11.9 Å². The highest BCUT2D eigenvalue weighted by molar-refractivity contribution is 6.30. The highest BCUT2D eigenvalue weighted by Crippen LogP contribution is 2.24. The van der Waals surface area contributed by atoms with Crippen molar-refractivity contribution in [3.8, 4) is 0 Å². The van der Waals surface area contributed by atoms with Crippen molar-refractivity contribution in [3.05, 3.63) is 34.9 Å². The van der Waals surface area contributed by atoms with Gasteiger partial charge in [-0.15, -0.1) is 0 Å². The summed E-state index contributed by atoms with van der Waals surface area (Å²) in [5.41, 5.74) is 0.923. The fourth-order valence-corrected chi connectivity index (χ4v) is 3.29. The topological polar surface area (TPSA) is 23.5 Å². The van der Waals surface area contributed by atoms with Crippen LogP contribution in [0.4, 0.5) is 0 Å². The Balaban J connectivity index is 1.81. The molecular weight excluding hydrogens is 270 g/mol. The van der Waals surface area contributed by atoms with E-state index in [1.807, 2.05) is 24.3 Å². The maximum atomic E-state index is 10.3. The predicted molar refractivity (Wildman–Crippen MR) is 85.1 cm³/mol. The number of rotatable bonds is 5. The van der Waals surface area contributed by atoms with Crippen molar-refractivity contribution >= 4 is 11.6 Å². The van der Waals surface area contributed by atoms with Crippen molar-refractivity contribution in [2.45, 2.75) is 57.1 Å². The molecular formula is C17H26ClNO. The van der Waals surface area contributed by atoms with Crippen LogP contribution < -0.4 is 0 Å². The number of hydrogen-bond acceptors (Lipinski definition) is 2. The maximum Gasteiger partial charge on any atom is 0.0802 e. The van der Waals surface area contributed by atoms with Gasteiger partial charge < -0.3 is 10.0 Å². The molecule has 20 heavy (non-hydrogen) atoms. The Morgan fingerprint density at radius 2 is 1.95 bits per heavy atom. The molecule has 0 heterocycles. The first kappa shape index (κ1) is 15.8. The number of benzene rings is 1. The second kappa shape index (κ2) is 8.02. The van der Waals surface area contributed by atoms with Crippen molar-refractivity contribution in [1.29, 1.82) is 0 Å². The van der Waals surface area contributed by atoms with Crippen LogP contribution in [0.2, 0.25) is 5.02 Å². The molecule has 3 heteroatoms. The van der Waals surface area contributed by atoms with Gasteiger partial charge in [-0.25, -0.2) is 0 Å². The van der Waals surface area contributed by atoms with Crippen molar-refractivity contribution in [2.24, 2.45) is 0 Å². The van der Waals surface area contributed by atoms with E-state index in [1.54, 1.807) is 0 Å². The summed E-state index contributed by atoms with van der Waals surface area (Å²) < 4.78 is 0. The lowest BCUT2D eigenvalue weighted by Crippen LogP contribution is -2.32. The molecule has 2 rings (SSSR count). The third kappa shape index (κ3) is 4.76. The second-order valence-corrected chi connectivity index (χ2v) is 6.42. The molecule has 2 nitrogen and oxygen atoms in total. The Morgan fingerprint density at radius 3 is 2.60 bits per heavy atom. The van der Waals surface area contributed by atoms with E-state index in [0.29, 0.717) is 11.1 Å². The zero-order valence-corrected chi connectivity index (χ0v) is 13.1. The molecule has 112 valence electrons. The van der Waals surface area contributed by atoms with Crippen LogP contribution in [0.3, 0.4) is 0 Å². The molecule has 0 amide bonds. The normalized spacial score (nSPS) is 19.0. The fraction of sp³-hybridized carbons (Fsp3) is 0.647. The molecule has 1 saturated carbocycles. The Hall–Kier alpha value is -0.570. The van der Waals surface area contributed by atoms with Gasteiger partial charge in [0.05, 0.1) is 6.10 Å². The van der Waals surface area contributed by atoms with Gasteiger partial charge in [-0.3, -0.25) is 0 Å². The highest BCUT2D eigenvalue weighted by atomic mass is 35.5. The van der Waals surface area contributed by atoms with E-state index < -0.39 is 6.10 Å². The van der Waals surface area contributed by atoms with Gasteiger partial charge in [0.15, 0.2) is 0 Å². The molecule has 1 unspecified atom stereocenters. The first-order valence-electron chi connectivity index (χ1n) is 7.80.